The Morgan fingerprint density at radius 3 is 2.54 bits per heavy atom. The van der Waals surface area contributed by atoms with E-state index in [-0.39, 0.29) is 36.6 Å². The van der Waals surface area contributed by atoms with Gasteiger partial charge in [-0.3, -0.25) is 9.89 Å². The number of rotatable bonds is 5. The molecule has 138 valence electrons. The lowest BCUT2D eigenvalue weighted by atomic mass is 10.1. The molecular formula is C15H26F2IN5S. The molecular weight excluding hydrogens is 447 g/mol. The highest BCUT2D eigenvalue weighted by Crippen LogP contribution is 2.16. The van der Waals surface area contributed by atoms with Gasteiger partial charge in [0, 0.05) is 31.1 Å². The fourth-order valence-electron chi connectivity index (χ4n) is 2.62. The molecule has 1 aliphatic rings. The molecule has 0 bridgehead atoms. The van der Waals surface area contributed by atoms with Gasteiger partial charge in [-0.15, -0.1) is 35.3 Å². The topological polar surface area (TPSA) is 52.6 Å². The Bertz CT molecular complexity index is 510. The number of aliphatic imine (C=N–C) groups is 1. The summed E-state index contributed by atoms with van der Waals surface area (Å²) < 4.78 is 24.8. The molecule has 2 heterocycles. The van der Waals surface area contributed by atoms with E-state index in [2.05, 4.69) is 27.5 Å². The standard InChI is InChI=1S/C15H25F2N5S.HI/c1-10-11(2)23-14(20-10)8-19-15(18-3)21-12-4-6-22(7-5-12)9-13(16)17;/h12-13H,4-9H2,1-3H3,(H2,18,19,21);1H. The molecule has 0 radical (unpaired) electrons. The van der Waals surface area contributed by atoms with Crippen LogP contribution in [0, 0.1) is 13.8 Å². The van der Waals surface area contributed by atoms with Crippen LogP contribution in [0.2, 0.25) is 0 Å². The number of nitrogens with one attached hydrogen (secondary N) is 2. The molecule has 0 saturated carbocycles. The molecule has 1 saturated heterocycles. The van der Waals surface area contributed by atoms with E-state index in [0.717, 1.165) is 29.5 Å². The molecule has 0 unspecified atom stereocenters. The van der Waals surface area contributed by atoms with Crippen molar-refractivity contribution in [3.05, 3.63) is 15.6 Å². The molecule has 1 aromatic heterocycles. The highest BCUT2D eigenvalue weighted by molar-refractivity contribution is 14.0. The maximum atomic E-state index is 12.4. The summed E-state index contributed by atoms with van der Waals surface area (Å²) in [6, 6.07) is 0.273. The first-order chi connectivity index (χ1) is 11.0. The molecule has 0 aliphatic carbocycles. The summed E-state index contributed by atoms with van der Waals surface area (Å²) in [5.41, 5.74) is 1.07. The number of guanidine groups is 1. The maximum absolute atomic E-state index is 12.4. The van der Waals surface area contributed by atoms with Crippen molar-refractivity contribution >= 4 is 41.3 Å². The number of hydrogen-bond donors (Lipinski definition) is 2. The van der Waals surface area contributed by atoms with E-state index >= 15 is 0 Å². The molecule has 1 fully saturated rings. The molecule has 1 aromatic rings. The maximum Gasteiger partial charge on any atom is 0.251 e. The summed E-state index contributed by atoms with van der Waals surface area (Å²) >= 11 is 1.68. The van der Waals surface area contributed by atoms with Crippen molar-refractivity contribution in [3.63, 3.8) is 0 Å². The zero-order valence-electron chi connectivity index (χ0n) is 14.3. The molecule has 0 atom stereocenters. The van der Waals surface area contributed by atoms with Gasteiger partial charge in [0.15, 0.2) is 5.96 Å². The number of likely N-dealkylation sites (tertiary alicyclic amines) is 1. The van der Waals surface area contributed by atoms with Crippen LogP contribution in [-0.2, 0) is 6.54 Å². The van der Waals surface area contributed by atoms with Gasteiger partial charge in [-0.05, 0) is 26.7 Å². The van der Waals surface area contributed by atoms with Crippen LogP contribution in [0.1, 0.15) is 28.4 Å². The normalized spacial score (nSPS) is 17.0. The molecule has 0 aromatic carbocycles. The predicted molar refractivity (Wildman–Crippen MR) is 106 cm³/mol. The van der Waals surface area contributed by atoms with E-state index in [4.69, 9.17) is 0 Å². The van der Waals surface area contributed by atoms with Gasteiger partial charge in [-0.1, -0.05) is 0 Å². The smallest absolute Gasteiger partial charge is 0.251 e. The Hall–Kier alpha value is -0.550. The van der Waals surface area contributed by atoms with Gasteiger partial charge in [0.2, 0.25) is 0 Å². The minimum Gasteiger partial charge on any atom is -0.354 e. The van der Waals surface area contributed by atoms with Crippen molar-refractivity contribution in [2.45, 2.75) is 45.7 Å². The number of alkyl halides is 2. The number of thiazole rings is 1. The Balaban J connectivity index is 0.00000288. The molecule has 0 spiro atoms. The zero-order valence-corrected chi connectivity index (χ0v) is 17.5. The molecule has 24 heavy (non-hydrogen) atoms. The second-order valence-corrected chi connectivity index (χ2v) is 7.07. The Morgan fingerprint density at radius 2 is 2.04 bits per heavy atom. The molecule has 0 amide bonds. The van der Waals surface area contributed by atoms with E-state index in [1.807, 2.05) is 11.8 Å². The van der Waals surface area contributed by atoms with E-state index in [1.165, 1.54) is 4.88 Å². The molecule has 1 aliphatic heterocycles. The van der Waals surface area contributed by atoms with Gasteiger partial charge in [-0.2, -0.15) is 0 Å². The molecule has 9 heteroatoms. The summed E-state index contributed by atoms with van der Waals surface area (Å²) in [7, 11) is 1.74. The van der Waals surface area contributed by atoms with Gasteiger partial charge >= 0.3 is 0 Å². The monoisotopic (exact) mass is 473 g/mol. The summed E-state index contributed by atoms with van der Waals surface area (Å²) in [5.74, 6) is 0.739. The summed E-state index contributed by atoms with van der Waals surface area (Å²) in [5, 5.41) is 7.68. The average Bonchev–Trinajstić information content (AvgIpc) is 2.83. The SMILES string of the molecule is CN=C(NCc1nc(C)c(C)s1)NC1CCN(CC(F)F)CC1.I. The molecule has 2 rings (SSSR count). The van der Waals surface area contributed by atoms with Crippen LogP contribution in [0.25, 0.3) is 0 Å². The quantitative estimate of drug-likeness (QED) is 0.393. The highest BCUT2D eigenvalue weighted by Gasteiger charge is 2.22. The molecule has 2 N–H and O–H groups in total. The van der Waals surface area contributed by atoms with Gasteiger partial charge in [-0.25, -0.2) is 13.8 Å². The Kier molecular flexibility index (Phi) is 9.35. The largest absolute Gasteiger partial charge is 0.354 e. The number of nitrogens with zero attached hydrogens (tertiary/aromatic N) is 3. The first kappa shape index (κ1) is 21.5. The summed E-state index contributed by atoms with van der Waals surface area (Å²) in [4.78, 5) is 11.8. The van der Waals surface area contributed by atoms with Crippen molar-refractivity contribution in [1.29, 1.82) is 0 Å². The first-order valence-electron chi connectivity index (χ1n) is 7.88. The van der Waals surface area contributed by atoms with E-state index < -0.39 is 6.43 Å². The van der Waals surface area contributed by atoms with Crippen LogP contribution in [0.15, 0.2) is 4.99 Å². The van der Waals surface area contributed by atoms with E-state index in [9.17, 15) is 8.78 Å². The van der Waals surface area contributed by atoms with Crippen molar-refractivity contribution < 1.29 is 8.78 Å². The number of aromatic nitrogens is 1. The number of piperidine rings is 1. The van der Waals surface area contributed by atoms with Crippen molar-refractivity contribution in [3.8, 4) is 0 Å². The lowest BCUT2D eigenvalue weighted by molar-refractivity contribution is 0.0744. The summed E-state index contributed by atoms with van der Waals surface area (Å²) in [6.07, 6.45) is -0.551. The summed E-state index contributed by atoms with van der Waals surface area (Å²) in [6.45, 7) is 5.99. The van der Waals surface area contributed by atoms with Gasteiger partial charge in [0.05, 0.1) is 18.8 Å². The average molecular weight is 473 g/mol. The van der Waals surface area contributed by atoms with Gasteiger partial charge < -0.3 is 10.6 Å². The molecule has 5 nitrogen and oxygen atoms in total. The fraction of sp³-hybridized carbons (Fsp3) is 0.733. The van der Waals surface area contributed by atoms with Crippen LogP contribution >= 0.6 is 35.3 Å². The van der Waals surface area contributed by atoms with Crippen LogP contribution in [-0.4, -0.2) is 55.0 Å². The van der Waals surface area contributed by atoms with Gasteiger partial charge in [0.1, 0.15) is 5.01 Å². The minimum absolute atomic E-state index is 0. The second kappa shape index (κ2) is 10.4. The minimum atomic E-state index is -2.25. The third kappa shape index (κ3) is 6.75. The van der Waals surface area contributed by atoms with Crippen LogP contribution in [0.4, 0.5) is 8.78 Å². The van der Waals surface area contributed by atoms with Crippen molar-refractivity contribution in [1.82, 2.24) is 20.5 Å². The van der Waals surface area contributed by atoms with Crippen molar-refractivity contribution in [2.24, 2.45) is 4.99 Å². The van der Waals surface area contributed by atoms with Crippen molar-refractivity contribution in [2.75, 3.05) is 26.7 Å². The Labute approximate surface area is 163 Å². The zero-order chi connectivity index (χ0) is 16.8. The van der Waals surface area contributed by atoms with Crippen LogP contribution in [0.3, 0.4) is 0 Å². The Morgan fingerprint density at radius 1 is 1.38 bits per heavy atom. The second-order valence-electron chi connectivity index (χ2n) is 5.79. The highest BCUT2D eigenvalue weighted by atomic mass is 127. The van der Waals surface area contributed by atoms with E-state index in [1.54, 1.807) is 18.4 Å². The lowest BCUT2D eigenvalue weighted by Gasteiger charge is -2.32. The predicted octanol–water partition coefficient (Wildman–Crippen LogP) is 2.77. The third-order valence-electron chi connectivity index (χ3n) is 4.03. The fourth-order valence-corrected chi connectivity index (χ4v) is 3.49. The van der Waals surface area contributed by atoms with E-state index in [0.29, 0.717) is 19.6 Å². The number of aryl methyl sites for hydroxylation is 2. The first-order valence-corrected chi connectivity index (χ1v) is 8.70. The van der Waals surface area contributed by atoms with Crippen LogP contribution in [0.5, 0.6) is 0 Å². The third-order valence-corrected chi connectivity index (χ3v) is 5.10. The number of hydrogen-bond acceptors (Lipinski definition) is 4. The number of halogens is 3. The van der Waals surface area contributed by atoms with Gasteiger partial charge in [0.25, 0.3) is 6.43 Å². The van der Waals surface area contributed by atoms with Crippen LogP contribution < -0.4 is 10.6 Å². The lowest BCUT2D eigenvalue weighted by Crippen LogP contribution is -2.49.